The minimum atomic E-state index is -0.195. The number of hydrogen-bond acceptors (Lipinski definition) is 3. The normalized spacial score (nSPS) is 16.0. The fourth-order valence-electron chi connectivity index (χ4n) is 2.28. The first-order valence-corrected chi connectivity index (χ1v) is 8.17. The highest BCUT2D eigenvalue weighted by Gasteiger charge is 2.23. The van der Waals surface area contributed by atoms with Crippen LogP contribution in [0.25, 0.3) is 0 Å². The van der Waals surface area contributed by atoms with E-state index in [1.807, 2.05) is 6.92 Å². The van der Waals surface area contributed by atoms with Crippen molar-refractivity contribution in [3.05, 3.63) is 0 Å². The molecule has 7 heteroatoms. The largest absolute Gasteiger partial charge is 0.450 e. The van der Waals surface area contributed by atoms with Crippen molar-refractivity contribution >= 4 is 36.0 Å². The summed E-state index contributed by atoms with van der Waals surface area (Å²) in [7, 11) is 0. The Labute approximate surface area is 151 Å². The lowest BCUT2D eigenvalue weighted by Crippen LogP contribution is -2.49. The molecule has 1 saturated heterocycles. The van der Waals surface area contributed by atoms with Gasteiger partial charge in [-0.1, -0.05) is 13.3 Å². The molecule has 22 heavy (non-hydrogen) atoms. The van der Waals surface area contributed by atoms with E-state index in [1.54, 1.807) is 4.90 Å². The van der Waals surface area contributed by atoms with Crippen molar-refractivity contribution in [3.8, 4) is 0 Å². The van der Waals surface area contributed by atoms with Crippen molar-refractivity contribution in [3.63, 3.8) is 0 Å². The van der Waals surface area contributed by atoms with E-state index in [0.29, 0.717) is 12.6 Å². The third kappa shape index (κ3) is 8.05. The zero-order valence-electron chi connectivity index (χ0n) is 14.1. The summed E-state index contributed by atoms with van der Waals surface area (Å²) in [5, 5.41) is 6.74. The van der Waals surface area contributed by atoms with Gasteiger partial charge in [-0.05, 0) is 33.1 Å². The van der Waals surface area contributed by atoms with Gasteiger partial charge in [0.15, 0.2) is 5.96 Å². The molecular formula is C15H31IN4O2. The number of nitrogens with zero attached hydrogens (tertiary/aromatic N) is 2. The van der Waals surface area contributed by atoms with E-state index in [4.69, 9.17) is 4.74 Å². The zero-order valence-corrected chi connectivity index (χ0v) is 16.4. The molecule has 1 aliphatic heterocycles. The number of hydrogen-bond donors (Lipinski definition) is 2. The molecule has 1 fully saturated rings. The summed E-state index contributed by atoms with van der Waals surface area (Å²) in [5.74, 6) is 0.889. The van der Waals surface area contributed by atoms with E-state index in [9.17, 15) is 4.79 Å². The number of piperidine rings is 1. The number of guanidine groups is 1. The van der Waals surface area contributed by atoms with Crippen molar-refractivity contribution < 1.29 is 9.53 Å². The van der Waals surface area contributed by atoms with Gasteiger partial charge in [0.1, 0.15) is 0 Å². The van der Waals surface area contributed by atoms with E-state index >= 15 is 0 Å². The Morgan fingerprint density at radius 1 is 1.27 bits per heavy atom. The van der Waals surface area contributed by atoms with Crippen LogP contribution in [0, 0.1) is 0 Å². The number of carbonyl (C=O) groups is 1. The van der Waals surface area contributed by atoms with Crippen molar-refractivity contribution in [2.75, 3.05) is 32.8 Å². The third-order valence-corrected chi connectivity index (χ3v) is 3.49. The second kappa shape index (κ2) is 12.8. The quantitative estimate of drug-likeness (QED) is 0.297. The minimum absolute atomic E-state index is 0. The average Bonchev–Trinajstić information content (AvgIpc) is 2.48. The Kier molecular flexibility index (Phi) is 12.4. The molecule has 1 rings (SSSR count). The molecule has 130 valence electrons. The number of nitrogens with one attached hydrogen (secondary N) is 2. The van der Waals surface area contributed by atoms with E-state index in [0.717, 1.165) is 57.8 Å². The van der Waals surface area contributed by atoms with Crippen LogP contribution in [-0.2, 0) is 4.74 Å². The van der Waals surface area contributed by atoms with Gasteiger partial charge in [0.05, 0.1) is 6.61 Å². The maximum atomic E-state index is 11.7. The van der Waals surface area contributed by atoms with E-state index in [1.165, 1.54) is 0 Å². The molecule has 2 N–H and O–H groups in total. The maximum Gasteiger partial charge on any atom is 0.409 e. The second-order valence-corrected chi connectivity index (χ2v) is 5.22. The lowest BCUT2D eigenvalue weighted by Gasteiger charge is -2.32. The Morgan fingerprint density at radius 2 is 1.95 bits per heavy atom. The van der Waals surface area contributed by atoms with Gasteiger partial charge in [0.2, 0.25) is 0 Å². The molecule has 0 saturated carbocycles. The van der Waals surface area contributed by atoms with Crippen LogP contribution in [0.2, 0.25) is 0 Å². The molecule has 1 amide bonds. The molecule has 0 aromatic carbocycles. The predicted molar refractivity (Wildman–Crippen MR) is 101 cm³/mol. The Hall–Kier alpha value is -0.730. The number of amides is 1. The third-order valence-electron chi connectivity index (χ3n) is 3.49. The summed E-state index contributed by atoms with van der Waals surface area (Å²) in [6.45, 7) is 9.71. The van der Waals surface area contributed by atoms with Crippen LogP contribution in [0.1, 0.15) is 46.5 Å². The summed E-state index contributed by atoms with van der Waals surface area (Å²) in [6.07, 6.45) is 3.92. The monoisotopic (exact) mass is 426 g/mol. The second-order valence-electron chi connectivity index (χ2n) is 5.22. The van der Waals surface area contributed by atoms with Gasteiger partial charge in [0.25, 0.3) is 0 Å². The molecule has 0 aliphatic carbocycles. The maximum absolute atomic E-state index is 11.7. The summed E-state index contributed by atoms with van der Waals surface area (Å²) >= 11 is 0. The fraction of sp³-hybridized carbons (Fsp3) is 0.867. The Morgan fingerprint density at radius 3 is 2.50 bits per heavy atom. The van der Waals surface area contributed by atoms with Crippen LogP contribution in [0.15, 0.2) is 4.99 Å². The van der Waals surface area contributed by atoms with Gasteiger partial charge in [-0.15, -0.1) is 24.0 Å². The molecule has 0 aromatic heterocycles. The summed E-state index contributed by atoms with van der Waals surface area (Å²) < 4.78 is 5.03. The lowest BCUT2D eigenvalue weighted by atomic mass is 10.1. The molecule has 0 bridgehead atoms. The van der Waals surface area contributed by atoms with E-state index < -0.39 is 0 Å². The first-order chi connectivity index (χ1) is 10.2. The first-order valence-electron chi connectivity index (χ1n) is 8.17. The van der Waals surface area contributed by atoms with Crippen LogP contribution in [0.4, 0.5) is 4.79 Å². The molecule has 0 atom stereocenters. The van der Waals surface area contributed by atoms with Crippen LogP contribution in [0.5, 0.6) is 0 Å². The van der Waals surface area contributed by atoms with Crippen LogP contribution in [0.3, 0.4) is 0 Å². The number of halogens is 1. The van der Waals surface area contributed by atoms with E-state index in [-0.39, 0.29) is 30.1 Å². The number of likely N-dealkylation sites (tertiary alicyclic amines) is 1. The first kappa shape index (κ1) is 21.3. The molecule has 6 nitrogen and oxygen atoms in total. The minimum Gasteiger partial charge on any atom is -0.450 e. The summed E-state index contributed by atoms with van der Waals surface area (Å²) in [4.78, 5) is 18.0. The van der Waals surface area contributed by atoms with Gasteiger partial charge in [-0.25, -0.2) is 4.79 Å². The Balaban J connectivity index is 0.00000441. The van der Waals surface area contributed by atoms with Crippen LogP contribution < -0.4 is 10.6 Å². The SMILES string of the molecule is CCCCN=C(NCC)NC1CCN(C(=O)OCC)CC1.I. The highest BCUT2D eigenvalue weighted by Crippen LogP contribution is 2.11. The zero-order chi connectivity index (χ0) is 15.5. The topological polar surface area (TPSA) is 66.0 Å². The van der Waals surface area contributed by atoms with Crippen molar-refractivity contribution in [1.29, 1.82) is 0 Å². The number of rotatable bonds is 6. The summed E-state index contributed by atoms with van der Waals surface area (Å²) in [6, 6.07) is 0.370. The summed E-state index contributed by atoms with van der Waals surface area (Å²) in [5.41, 5.74) is 0. The number of aliphatic imine (C=N–C) groups is 1. The highest BCUT2D eigenvalue weighted by molar-refractivity contribution is 14.0. The van der Waals surface area contributed by atoms with Gasteiger partial charge in [-0.2, -0.15) is 0 Å². The van der Waals surface area contributed by atoms with Gasteiger partial charge >= 0.3 is 6.09 Å². The van der Waals surface area contributed by atoms with Gasteiger partial charge < -0.3 is 20.3 Å². The standard InChI is InChI=1S/C15H30N4O2.HI/c1-4-7-10-17-14(16-5-2)18-13-8-11-19(12-9-13)15(20)21-6-3;/h13H,4-12H2,1-3H3,(H2,16,17,18);1H. The molecule has 0 unspecified atom stereocenters. The molecule has 0 aromatic rings. The average molecular weight is 426 g/mol. The predicted octanol–water partition coefficient (Wildman–Crippen LogP) is 2.58. The lowest BCUT2D eigenvalue weighted by molar-refractivity contribution is 0.0963. The number of carbonyl (C=O) groups excluding carboxylic acids is 1. The highest BCUT2D eigenvalue weighted by atomic mass is 127. The molecule has 1 heterocycles. The fourth-order valence-corrected chi connectivity index (χ4v) is 2.28. The molecule has 1 aliphatic rings. The number of ether oxygens (including phenoxy) is 1. The van der Waals surface area contributed by atoms with Crippen molar-refractivity contribution in [2.24, 2.45) is 4.99 Å². The molecule has 0 radical (unpaired) electrons. The van der Waals surface area contributed by atoms with E-state index in [2.05, 4.69) is 29.5 Å². The number of unbranched alkanes of at least 4 members (excludes halogenated alkanes) is 1. The molecule has 0 spiro atoms. The Bertz CT molecular complexity index is 332. The van der Waals surface area contributed by atoms with Crippen LogP contribution in [-0.4, -0.2) is 55.8 Å². The van der Waals surface area contributed by atoms with Crippen molar-refractivity contribution in [1.82, 2.24) is 15.5 Å². The molecular weight excluding hydrogens is 395 g/mol. The van der Waals surface area contributed by atoms with Crippen molar-refractivity contribution in [2.45, 2.75) is 52.5 Å². The van der Waals surface area contributed by atoms with Crippen LogP contribution >= 0.6 is 24.0 Å². The van der Waals surface area contributed by atoms with Gasteiger partial charge in [-0.3, -0.25) is 4.99 Å². The smallest absolute Gasteiger partial charge is 0.409 e. The van der Waals surface area contributed by atoms with Gasteiger partial charge in [0, 0.05) is 32.2 Å².